The Morgan fingerprint density at radius 1 is 1.16 bits per heavy atom. The van der Waals surface area contributed by atoms with Gasteiger partial charge in [0.2, 0.25) is 5.91 Å². The smallest absolute Gasteiger partial charge is 0.329 e. The molecule has 3 heterocycles. The maximum Gasteiger partial charge on any atom is 0.329 e. The summed E-state index contributed by atoms with van der Waals surface area (Å²) in [6.07, 6.45) is 5.93. The molecule has 2 aromatic rings. The van der Waals surface area contributed by atoms with Crippen molar-refractivity contribution in [3.05, 3.63) is 45.1 Å². The van der Waals surface area contributed by atoms with E-state index in [9.17, 15) is 14.4 Å². The van der Waals surface area contributed by atoms with Crippen molar-refractivity contribution in [2.45, 2.75) is 44.7 Å². The molecule has 0 unspecified atom stereocenters. The van der Waals surface area contributed by atoms with Crippen LogP contribution in [0.2, 0.25) is 0 Å². The van der Waals surface area contributed by atoms with Gasteiger partial charge in [-0.3, -0.25) is 14.2 Å². The molecule has 0 radical (unpaired) electrons. The Kier molecular flexibility index (Phi) is 6.87. The van der Waals surface area contributed by atoms with Gasteiger partial charge in [0.15, 0.2) is 0 Å². The highest BCUT2D eigenvalue weighted by Gasteiger charge is 2.34. The Morgan fingerprint density at radius 3 is 2.81 bits per heavy atom. The highest BCUT2D eigenvalue weighted by Crippen LogP contribution is 2.31. The molecule has 168 valence electrons. The van der Waals surface area contributed by atoms with Gasteiger partial charge in [-0.1, -0.05) is 18.6 Å². The van der Waals surface area contributed by atoms with Gasteiger partial charge in [-0.25, -0.2) is 4.79 Å². The molecule has 8 nitrogen and oxygen atoms in total. The number of nitrogens with zero attached hydrogens (tertiary/aromatic N) is 3. The molecule has 1 amide bonds. The molecule has 0 bridgehead atoms. The molecule has 1 aromatic heterocycles. The molecule has 4 rings (SSSR count). The van der Waals surface area contributed by atoms with Gasteiger partial charge in [0.25, 0.3) is 5.56 Å². The third kappa shape index (κ3) is 4.75. The Bertz CT molecular complexity index is 1030. The third-order valence-corrected chi connectivity index (χ3v) is 6.78. The number of ether oxygens (including phenoxy) is 1. The minimum absolute atomic E-state index is 0.215. The lowest BCUT2D eigenvalue weighted by Gasteiger charge is -2.45. The van der Waals surface area contributed by atoms with E-state index < -0.39 is 11.2 Å². The summed E-state index contributed by atoms with van der Waals surface area (Å²) >= 11 is 0. The number of hydrogen-bond acceptors (Lipinski definition) is 5. The van der Waals surface area contributed by atoms with Crippen LogP contribution in [0.1, 0.15) is 32.1 Å². The topological polar surface area (TPSA) is 87.6 Å². The number of piperidine rings is 2. The van der Waals surface area contributed by atoms with E-state index in [1.807, 2.05) is 0 Å². The van der Waals surface area contributed by atoms with Gasteiger partial charge in [-0.15, -0.1) is 0 Å². The number of hydrogen-bond donors (Lipinski definition) is 1. The number of carbonyl (C=O) groups excluding carboxylic acids is 1. The van der Waals surface area contributed by atoms with Gasteiger partial charge in [-0.2, -0.15) is 0 Å². The van der Waals surface area contributed by atoms with E-state index >= 15 is 0 Å². The van der Waals surface area contributed by atoms with Crippen LogP contribution in [0.3, 0.4) is 0 Å². The average Bonchev–Trinajstić information content (AvgIpc) is 2.79. The summed E-state index contributed by atoms with van der Waals surface area (Å²) in [4.78, 5) is 45.7. The van der Waals surface area contributed by atoms with Crippen molar-refractivity contribution >= 4 is 16.8 Å². The molecule has 2 saturated heterocycles. The van der Waals surface area contributed by atoms with Crippen molar-refractivity contribution in [3.63, 3.8) is 0 Å². The standard InChI is InChI=1S/C23H32N4O4/c1-31-14-13-26(15-17-7-6-12-25-11-5-4-10-20(17)25)21(28)16-27-22(29)18-8-2-3-9-19(18)24-23(27)30/h2-3,8-9,17,20H,4-7,10-16H2,1H3,(H,24,30)/t17-,20+/m0/s1. The first kappa shape index (κ1) is 21.8. The summed E-state index contributed by atoms with van der Waals surface area (Å²) in [5, 5.41) is 0.406. The lowest BCUT2D eigenvalue weighted by molar-refractivity contribution is -0.134. The molecule has 2 atom stereocenters. The van der Waals surface area contributed by atoms with E-state index in [2.05, 4.69) is 9.88 Å². The van der Waals surface area contributed by atoms with Crippen LogP contribution in [0.5, 0.6) is 0 Å². The molecule has 2 aliphatic rings. The van der Waals surface area contributed by atoms with Crippen LogP contribution in [0.4, 0.5) is 0 Å². The fourth-order valence-corrected chi connectivity index (χ4v) is 5.17. The number of benzene rings is 1. The summed E-state index contributed by atoms with van der Waals surface area (Å²) in [7, 11) is 1.62. The second kappa shape index (κ2) is 9.78. The molecule has 1 N–H and O–H groups in total. The predicted molar refractivity (Wildman–Crippen MR) is 119 cm³/mol. The number of para-hydroxylation sites is 1. The maximum absolute atomic E-state index is 13.2. The molecule has 2 fully saturated rings. The van der Waals surface area contributed by atoms with Gasteiger partial charge in [0.1, 0.15) is 6.54 Å². The van der Waals surface area contributed by atoms with E-state index in [4.69, 9.17) is 4.74 Å². The number of fused-ring (bicyclic) bond motifs is 2. The molecular weight excluding hydrogens is 396 g/mol. The number of carbonyl (C=O) groups is 1. The summed E-state index contributed by atoms with van der Waals surface area (Å²) in [5.41, 5.74) is -0.507. The van der Waals surface area contributed by atoms with Gasteiger partial charge in [0.05, 0.1) is 17.5 Å². The average molecular weight is 429 g/mol. The van der Waals surface area contributed by atoms with Gasteiger partial charge >= 0.3 is 5.69 Å². The van der Waals surface area contributed by atoms with Crippen LogP contribution in [0.15, 0.2) is 33.9 Å². The number of nitrogens with one attached hydrogen (secondary N) is 1. The minimum Gasteiger partial charge on any atom is -0.383 e. The normalized spacial score (nSPS) is 21.7. The Balaban J connectivity index is 1.54. The van der Waals surface area contributed by atoms with Crippen LogP contribution in [-0.4, -0.2) is 71.2 Å². The monoisotopic (exact) mass is 428 g/mol. The van der Waals surface area contributed by atoms with Crippen molar-refractivity contribution in [3.8, 4) is 0 Å². The van der Waals surface area contributed by atoms with Crippen LogP contribution in [-0.2, 0) is 16.1 Å². The fraction of sp³-hybridized carbons (Fsp3) is 0.609. The largest absolute Gasteiger partial charge is 0.383 e. The van der Waals surface area contributed by atoms with Gasteiger partial charge < -0.3 is 19.5 Å². The summed E-state index contributed by atoms with van der Waals surface area (Å²) in [6, 6.07) is 7.38. The van der Waals surface area contributed by atoms with Crippen molar-refractivity contribution in [2.24, 2.45) is 5.92 Å². The van der Waals surface area contributed by atoms with Crippen molar-refractivity contribution in [1.82, 2.24) is 19.4 Å². The Hall–Kier alpha value is -2.45. The van der Waals surface area contributed by atoms with E-state index in [0.29, 0.717) is 42.6 Å². The quantitative estimate of drug-likeness (QED) is 0.721. The van der Waals surface area contributed by atoms with Crippen LogP contribution in [0, 0.1) is 5.92 Å². The van der Waals surface area contributed by atoms with Gasteiger partial charge in [0, 0.05) is 26.2 Å². The first-order valence-corrected chi connectivity index (χ1v) is 11.3. The zero-order valence-electron chi connectivity index (χ0n) is 18.2. The Morgan fingerprint density at radius 2 is 1.97 bits per heavy atom. The first-order valence-electron chi connectivity index (χ1n) is 11.3. The zero-order chi connectivity index (χ0) is 21.8. The molecular formula is C23H32N4O4. The SMILES string of the molecule is COCCN(C[C@@H]1CCCN2CCCC[C@H]12)C(=O)Cn1c(=O)[nH]c2ccccc2c1=O. The highest BCUT2D eigenvalue weighted by atomic mass is 16.5. The third-order valence-electron chi connectivity index (χ3n) is 6.78. The van der Waals surface area contributed by atoms with E-state index in [1.165, 1.54) is 19.3 Å². The first-order chi connectivity index (χ1) is 15.1. The van der Waals surface area contributed by atoms with Crippen LogP contribution >= 0.6 is 0 Å². The number of aromatic amines is 1. The van der Waals surface area contributed by atoms with Crippen molar-refractivity contribution in [2.75, 3.05) is 39.9 Å². The fourth-order valence-electron chi connectivity index (χ4n) is 5.17. The predicted octanol–water partition coefficient (Wildman–Crippen LogP) is 1.43. The van der Waals surface area contributed by atoms with E-state index in [0.717, 1.165) is 30.5 Å². The number of H-pyrrole nitrogens is 1. The number of rotatable bonds is 7. The highest BCUT2D eigenvalue weighted by molar-refractivity contribution is 5.79. The lowest BCUT2D eigenvalue weighted by Crippen LogP contribution is -2.52. The van der Waals surface area contributed by atoms with Crippen LogP contribution in [0.25, 0.3) is 10.9 Å². The molecule has 2 aliphatic heterocycles. The molecule has 0 aliphatic carbocycles. The molecule has 0 saturated carbocycles. The van der Waals surface area contributed by atoms with Crippen LogP contribution < -0.4 is 11.2 Å². The summed E-state index contributed by atoms with van der Waals surface area (Å²) in [6.45, 7) is 3.56. The summed E-state index contributed by atoms with van der Waals surface area (Å²) < 4.78 is 6.25. The van der Waals surface area contributed by atoms with Crippen molar-refractivity contribution in [1.29, 1.82) is 0 Å². The van der Waals surface area contributed by atoms with E-state index in [-0.39, 0.29) is 12.5 Å². The Labute approximate surface area is 181 Å². The number of aromatic nitrogens is 2. The summed E-state index contributed by atoms with van der Waals surface area (Å²) in [5.74, 6) is 0.203. The van der Waals surface area contributed by atoms with Gasteiger partial charge in [-0.05, 0) is 56.8 Å². The lowest BCUT2D eigenvalue weighted by atomic mass is 9.83. The molecule has 8 heteroatoms. The minimum atomic E-state index is -0.556. The molecule has 1 aromatic carbocycles. The van der Waals surface area contributed by atoms with E-state index in [1.54, 1.807) is 36.3 Å². The second-order valence-corrected chi connectivity index (χ2v) is 8.70. The second-order valence-electron chi connectivity index (χ2n) is 8.70. The number of methoxy groups -OCH3 is 1. The molecule has 31 heavy (non-hydrogen) atoms. The molecule has 0 spiro atoms. The number of amides is 1. The maximum atomic E-state index is 13.2. The van der Waals surface area contributed by atoms with Crippen molar-refractivity contribution < 1.29 is 9.53 Å². The zero-order valence-corrected chi connectivity index (χ0v) is 18.2.